The highest BCUT2D eigenvalue weighted by molar-refractivity contribution is 5.32. The Morgan fingerprint density at radius 1 is 1.50 bits per heavy atom. The molecule has 14 heavy (non-hydrogen) atoms. The van der Waals surface area contributed by atoms with Gasteiger partial charge in [0, 0.05) is 17.8 Å². The molecular weight excluding hydrogens is 172 g/mol. The lowest BCUT2D eigenvalue weighted by molar-refractivity contribution is 0.557. The second-order valence-corrected chi connectivity index (χ2v) is 4.85. The van der Waals surface area contributed by atoms with E-state index < -0.39 is 0 Å². The molecule has 1 aromatic heterocycles. The Morgan fingerprint density at radius 3 is 2.71 bits per heavy atom. The zero-order valence-corrected chi connectivity index (χ0v) is 9.12. The summed E-state index contributed by atoms with van der Waals surface area (Å²) in [7, 11) is 0. The second kappa shape index (κ2) is 3.06. The van der Waals surface area contributed by atoms with Crippen LogP contribution >= 0.6 is 0 Å². The molecule has 1 saturated carbocycles. The zero-order valence-electron chi connectivity index (χ0n) is 9.12. The molecule has 2 rings (SSSR count). The lowest BCUT2D eigenvalue weighted by atomic mass is 10.0. The first-order valence-electron chi connectivity index (χ1n) is 5.20. The molecule has 2 N–H and O–H groups in total. The van der Waals surface area contributed by atoms with Crippen molar-refractivity contribution in [2.45, 2.75) is 26.7 Å². The van der Waals surface area contributed by atoms with E-state index in [-0.39, 0.29) is 0 Å². The van der Waals surface area contributed by atoms with Gasteiger partial charge >= 0.3 is 0 Å². The molecule has 0 radical (unpaired) electrons. The summed E-state index contributed by atoms with van der Waals surface area (Å²) in [5, 5.41) is 0. The van der Waals surface area contributed by atoms with Crippen LogP contribution in [0.1, 0.15) is 31.0 Å². The lowest BCUT2D eigenvalue weighted by Gasteiger charge is -2.04. The van der Waals surface area contributed by atoms with Gasteiger partial charge in [-0.3, -0.25) is 4.98 Å². The van der Waals surface area contributed by atoms with E-state index in [2.05, 4.69) is 31.8 Å². The number of rotatable bonds is 2. The Balaban J connectivity index is 2.31. The van der Waals surface area contributed by atoms with Crippen molar-refractivity contribution in [1.82, 2.24) is 4.98 Å². The Bertz CT molecular complexity index is 344. The predicted octanol–water partition coefficient (Wildman–Crippen LogP) is 2.09. The van der Waals surface area contributed by atoms with Crippen LogP contribution in [0.4, 0.5) is 0 Å². The number of nitrogens with zero attached hydrogens (tertiary/aromatic N) is 1. The van der Waals surface area contributed by atoms with Crippen molar-refractivity contribution in [3.63, 3.8) is 0 Å². The van der Waals surface area contributed by atoms with Crippen molar-refractivity contribution >= 4 is 0 Å². The van der Waals surface area contributed by atoms with E-state index in [1.807, 2.05) is 12.3 Å². The smallest absolute Gasteiger partial charge is 0.0472 e. The van der Waals surface area contributed by atoms with E-state index in [1.165, 1.54) is 11.3 Å². The van der Waals surface area contributed by atoms with Gasteiger partial charge in [0.05, 0.1) is 0 Å². The normalized spacial score (nSPS) is 28.9. The molecule has 2 nitrogen and oxygen atoms in total. The van der Waals surface area contributed by atoms with Gasteiger partial charge in [-0.25, -0.2) is 0 Å². The van der Waals surface area contributed by atoms with Gasteiger partial charge in [0.2, 0.25) is 0 Å². The van der Waals surface area contributed by atoms with Crippen LogP contribution in [0.25, 0.3) is 0 Å². The highest BCUT2D eigenvalue weighted by Crippen LogP contribution is 2.63. The van der Waals surface area contributed by atoms with E-state index in [0.29, 0.717) is 17.3 Å². The number of hydrogen-bond donors (Lipinski definition) is 1. The zero-order chi connectivity index (χ0) is 10.3. The molecule has 0 aliphatic heterocycles. The molecule has 0 aromatic carbocycles. The molecule has 1 aliphatic carbocycles. The quantitative estimate of drug-likeness (QED) is 0.775. The summed E-state index contributed by atoms with van der Waals surface area (Å²) in [6, 6.07) is 4.12. The third-order valence-corrected chi connectivity index (χ3v) is 3.65. The van der Waals surface area contributed by atoms with E-state index in [9.17, 15) is 0 Å². The van der Waals surface area contributed by atoms with Crippen molar-refractivity contribution in [3.8, 4) is 0 Å². The summed E-state index contributed by atoms with van der Waals surface area (Å²) >= 11 is 0. The van der Waals surface area contributed by atoms with E-state index in [1.54, 1.807) is 0 Å². The lowest BCUT2D eigenvalue weighted by Crippen LogP contribution is -2.05. The van der Waals surface area contributed by atoms with Gasteiger partial charge < -0.3 is 5.73 Å². The predicted molar refractivity (Wildman–Crippen MR) is 58.0 cm³/mol. The van der Waals surface area contributed by atoms with Gasteiger partial charge in [-0.1, -0.05) is 19.9 Å². The molecule has 2 heteroatoms. The average Bonchev–Trinajstić information content (AvgIpc) is 2.69. The number of nitrogens with two attached hydrogens (primary N) is 1. The van der Waals surface area contributed by atoms with Crippen LogP contribution in [-0.2, 0) is 0 Å². The van der Waals surface area contributed by atoms with Crippen LogP contribution < -0.4 is 5.73 Å². The summed E-state index contributed by atoms with van der Waals surface area (Å²) in [6.07, 6.45) is 1.88. The van der Waals surface area contributed by atoms with Crippen LogP contribution in [0, 0.1) is 18.3 Å². The Hall–Kier alpha value is -0.890. The first kappa shape index (κ1) is 9.66. The molecule has 0 unspecified atom stereocenters. The molecule has 1 aliphatic rings. The molecule has 2 atom stereocenters. The summed E-state index contributed by atoms with van der Waals surface area (Å²) in [6.45, 7) is 7.46. The largest absolute Gasteiger partial charge is 0.330 e. The van der Waals surface area contributed by atoms with Gasteiger partial charge in [0.25, 0.3) is 0 Å². The van der Waals surface area contributed by atoms with Gasteiger partial charge in [-0.05, 0) is 36.4 Å². The fraction of sp³-hybridized carbons (Fsp3) is 0.583. The Kier molecular flexibility index (Phi) is 2.11. The highest BCUT2D eigenvalue weighted by Gasteiger charge is 2.58. The van der Waals surface area contributed by atoms with Gasteiger partial charge in [0.15, 0.2) is 0 Å². The van der Waals surface area contributed by atoms with Crippen molar-refractivity contribution in [2.24, 2.45) is 17.1 Å². The third-order valence-electron chi connectivity index (χ3n) is 3.65. The summed E-state index contributed by atoms with van der Waals surface area (Å²) in [4.78, 5) is 4.48. The molecular formula is C12H18N2. The van der Waals surface area contributed by atoms with Crippen LogP contribution in [0.15, 0.2) is 18.3 Å². The molecule has 0 bridgehead atoms. The van der Waals surface area contributed by atoms with Crippen molar-refractivity contribution in [2.75, 3.05) is 6.54 Å². The molecule has 1 heterocycles. The first-order chi connectivity index (χ1) is 6.59. The first-order valence-corrected chi connectivity index (χ1v) is 5.20. The maximum Gasteiger partial charge on any atom is 0.0472 e. The van der Waals surface area contributed by atoms with Crippen molar-refractivity contribution in [3.05, 3.63) is 29.6 Å². The van der Waals surface area contributed by atoms with E-state index in [0.717, 1.165) is 6.54 Å². The van der Waals surface area contributed by atoms with E-state index >= 15 is 0 Å². The van der Waals surface area contributed by atoms with Crippen LogP contribution in [0.5, 0.6) is 0 Å². The standard InChI is InChI=1S/C12H18N2/c1-8-5-4-6-14-11(8)10-9(7-13)12(10,2)3/h4-6,9-10H,7,13H2,1-3H3/t9-,10+/m0/s1. The van der Waals surface area contributed by atoms with Gasteiger partial charge in [-0.2, -0.15) is 0 Å². The minimum Gasteiger partial charge on any atom is -0.330 e. The number of hydrogen-bond acceptors (Lipinski definition) is 2. The minimum absolute atomic E-state index is 0.341. The second-order valence-electron chi connectivity index (χ2n) is 4.85. The number of aromatic nitrogens is 1. The molecule has 0 spiro atoms. The third kappa shape index (κ3) is 1.25. The Labute approximate surface area is 85.5 Å². The van der Waals surface area contributed by atoms with E-state index in [4.69, 9.17) is 5.73 Å². The maximum absolute atomic E-state index is 5.76. The fourth-order valence-corrected chi connectivity index (χ4v) is 2.55. The SMILES string of the molecule is Cc1cccnc1[C@H]1[C@H](CN)C1(C)C. The molecule has 0 saturated heterocycles. The molecule has 1 aromatic rings. The molecule has 1 fully saturated rings. The van der Waals surface area contributed by atoms with Gasteiger partial charge in [-0.15, -0.1) is 0 Å². The summed E-state index contributed by atoms with van der Waals surface area (Å²) in [5.74, 6) is 1.17. The maximum atomic E-state index is 5.76. The summed E-state index contributed by atoms with van der Waals surface area (Å²) < 4.78 is 0. The monoisotopic (exact) mass is 190 g/mol. The number of pyridine rings is 1. The molecule has 0 amide bonds. The highest BCUT2D eigenvalue weighted by atomic mass is 14.8. The van der Waals surface area contributed by atoms with Crippen LogP contribution in [-0.4, -0.2) is 11.5 Å². The van der Waals surface area contributed by atoms with Gasteiger partial charge in [0.1, 0.15) is 0 Å². The molecule has 76 valence electrons. The van der Waals surface area contributed by atoms with Crippen molar-refractivity contribution in [1.29, 1.82) is 0 Å². The number of aryl methyl sites for hydroxylation is 1. The minimum atomic E-state index is 0.341. The average molecular weight is 190 g/mol. The Morgan fingerprint density at radius 2 is 2.21 bits per heavy atom. The summed E-state index contributed by atoms with van der Waals surface area (Å²) in [5.41, 5.74) is 8.64. The topological polar surface area (TPSA) is 38.9 Å². The van der Waals surface area contributed by atoms with Crippen molar-refractivity contribution < 1.29 is 0 Å². The van der Waals surface area contributed by atoms with Crippen LogP contribution in [0.2, 0.25) is 0 Å². The van der Waals surface area contributed by atoms with Crippen LogP contribution in [0.3, 0.4) is 0 Å². The fourth-order valence-electron chi connectivity index (χ4n) is 2.55.